The Balaban J connectivity index is 1.66. The van der Waals surface area contributed by atoms with Gasteiger partial charge in [0.15, 0.2) is 0 Å². The lowest BCUT2D eigenvalue weighted by Crippen LogP contribution is -2.35. The molecule has 1 fully saturated rings. The number of aliphatic hydroxyl groups is 1. The maximum Gasteiger partial charge on any atom is 0.295 e. The molecule has 1 unspecified atom stereocenters. The number of hydrogen-bond acceptors (Lipinski definition) is 6. The molecule has 0 bridgehead atoms. The van der Waals surface area contributed by atoms with Crippen LogP contribution in [0.2, 0.25) is 0 Å². The largest absolute Gasteiger partial charge is 0.507 e. The number of amides is 1. The molecule has 1 N–H and O–H groups in total. The van der Waals surface area contributed by atoms with Crippen LogP contribution in [-0.4, -0.2) is 58.8 Å². The molecule has 0 aliphatic carbocycles. The molecule has 0 saturated carbocycles. The fraction of sp³-hybridized carbons (Fsp3) is 0.222. The SMILES string of the molecule is CN(C)CCN1C(=O)C(=O)C(=C(O)c2ccncc2)C1c1ccc(OCc2ccccc2)cc1. The Morgan fingerprint density at radius 3 is 2.32 bits per heavy atom. The van der Waals surface area contributed by atoms with Crippen LogP contribution in [0.15, 0.2) is 84.7 Å². The third kappa shape index (κ3) is 5.00. The number of benzene rings is 2. The highest BCUT2D eigenvalue weighted by molar-refractivity contribution is 6.46. The van der Waals surface area contributed by atoms with Crippen molar-refractivity contribution in [1.82, 2.24) is 14.8 Å². The van der Waals surface area contributed by atoms with E-state index in [0.717, 1.165) is 11.1 Å². The van der Waals surface area contributed by atoms with Crippen LogP contribution in [-0.2, 0) is 16.2 Å². The zero-order chi connectivity index (χ0) is 24.1. The van der Waals surface area contributed by atoms with Gasteiger partial charge in [0.05, 0.1) is 11.6 Å². The van der Waals surface area contributed by atoms with Crippen LogP contribution < -0.4 is 4.74 Å². The summed E-state index contributed by atoms with van der Waals surface area (Å²) in [5.74, 6) is -0.844. The van der Waals surface area contributed by atoms with Crippen molar-refractivity contribution in [3.63, 3.8) is 0 Å². The zero-order valence-electron chi connectivity index (χ0n) is 19.2. The van der Waals surface area contributed by atoms with Crippen LogP contribution >= 0.6 is 0 Å². The minimum absolute atomic E-state index is 0.0768. The van der Waals surface area contributed by atoms with Crippen LogP contribution in [0.25, 0.3) is 5.76 Å². The van der Waals surface area contributed by atoms with Crippen molar-refractivity contribution >= 4 is 17.4 Å². The Hall–Kier alpha value is -3.97. The first-order valence-electron chi connectivity index (χ1n) is 11.1. The van der Waals surface area contributed by atoms with E-state index in [-0.39, 0.29) is 11.3 Å². The summed E-state index contributed by atoms with van der Waals surface area (Å²) in [6.45, 7) is 1.36. The van der Waals surface area contributed by atoms with Gasteiger partial charge in [0.25, 0.3) is 11.7 Å². The van der Waals surface area contributed by atoms with Crippen LogP contribution in [0.5, 0.6) is 5.75 Å². The zero-order valence-corrected chi connectivity index (χ0v) is 19.2. The molecule has 2 heterocycles. The molecule has 0 radical (unpaired) electrons. The molecule has 3 aromatic rings. The fourth-order valence-corrected chi connectivity index (χ4v) is 3.92. The van der Waals surface area contributed by atoms with Crippen molar-refractivity contribution in [3.05, 3.63) is 101 Å². The summed E-state index contributed by atoms with van der Waals surface area (Å²) in [4.78, 5) is 33.4. The maximum atomic E-state index is 13.0. The van der Waals surface area contributed by atoms with Gasteiger partial charge >= 0.3 is 0 Å². The summed E-state index contributed by atoms with van der Waals surface area (Å²) in [5, 5.41) is 11.0. The Bertz CT molecular complexity index is 1180. The van der Waals surface area contributed by atoms with E-state index in [0.29, 0.717) is 31.0 Å². The van der Waals surface area contributed by atoms with Gasteiger partial charge in [-0.15, -0.1) is 0 Å². The average molecular weight is 458 g/mol. The molecule has 1 saturated heterocycles. The summed E-state index contributed by atoms with van der Waals surface area (Å²) in [6, 6.07) is 19.7. The number of carbonyl (C=O) groups excluding carboxylic acids is 2. The summed E-state index contributed by atoms with van der Waals surface area (Å²) < 4.78 is 5.88. The Morgan fingerprint density at radius 1 is 1.00 bits per heavy atom. The number of aliphatic hydroxyl groups excluding tert-OH is 1. The minimum atomic E-state index is -0.698. The number of aromatic nitrogens is 1. The predicted molar refractivity (Wildman–Crippen MR) is 129 cm³/mol. The molecule has 1 aromatic heterocycles. The Kier molecular flexibility index (Phi) is 7.04. The molecule has 1 amide bonds. The lowest BCUT2D eigenvalue weighted by atomic mass is 9.95. The number of ketones is 1. The van der Waals surface area contributed by atoms with Crippen LogP contribution in [0, 0.1) is 0 Å². The molecule has 2 aromatic carbocycles. The molecule has 1 aliphatic heterocycles. The molecule has 1 atom stereocenters. The van der Waals surface area contributed by atoms with E-state index in [9.17, 15) is 14.7 Å². The number of likely N-dealkylation sites (N-methyl/N-ethyl adjacent to an activating group) is 1. The summed E-state index contributed by atoms with van der Waals surface area (Å²) in [7, 11) is 3.81. The van der Waals surface area contributed by atoms with Crippen molar-refractivity contribution in [1.29, 1.82) is 0 Å². The summed E-state index contributed by atoms with van der Waals surface area (Å²) >= 11 is 0. The van der Waals surface area contributed by atoms with Crippen molar-refractivity contribution < 1.29 is 19.4 Å². The third-order valence-corrected chi connectivity index (χ3v) is 5.73. The topological polar surface area (TPSA) is 83.0 Å². The van der Waals surface area contributed by atoms with E-state index in [4.69, 9.17) is 4.74 Å². The van der Waals surface area contributed by atoms with E-state index >= 15 is 0 Å². The first-order valence-corrected chi connectivity index (χ1v) is 11.1. The maximum absolute atomic E-state index is 13.0. The molecular weight excluding hydrogens is 430 g/mol. The van der Waals surface area contributed by atoms with E-state index < -0.39 is 17.7 Å². The highest BCUT2D eigenvalue weighted by atomic mass is 16.5. The van der Waals surface area contributed by atoms with Gasteiger partial charge in [-0.2, -0.15) is 0 Å². The number of rotatable bonds is 8. The number of hydrogen-bond donors (Lipinski definition) is 1. The van der Waals surface area contributed by atoms with Gasteiger partial charge in [-0.1, -0.05) is 42.5 Å². The molecule has 7 heteroatoms. The Labute approximate surface area is 198 Å². The van der Waals surface area contributed by atoms with E-state index in [1.54, 1.807) is 12.1 Å². The number of nitrogens with zero attached hydrogens (tertiary/aromatic N) is 3. The van der Waals surface area contributed by atoms with Gasteiger partial charge < -0.3 is 19.6 Å². The third-order valence-electron chi connectivity index (χ3n) is 5.73. The quantitative estimate of drug-likeness (QED) is 0.316. The monoisotopic (exact) mass is 457 g/mol. The van der Waals surface area contributed by atoms with Crippen LogP contribution in [0.3, 0.4) is 0 Å². The molecule has 1 aliphatic rings. The van der Waals surface area contributed by atoms with Crippen LogP contribution in [0.1, 0.15) is 22.7 Å². The first kappa shape index (κ1) is 23.2. The second-order valence-electron chi connectivity index (χ2n) is 8.37. The standard InChI is InChI=1S/C27H27N3O4/c1-29(2)16-17-30-24(23(26(32)27(30)33)25(31)21-12-14-28-15-13-21)20-8-10-22(11-9-20)34-18-19-6-4-3-5-7-19/h3-15,24,31H,16-18H2,1-2H3. The van der Waals surface area contributed by atoms with Crippen LogP contribution in [0.4, 0.5) is 0 Å². The molecule has 7 nitrogen and oxygen atoms in total. The highest BCUT2D eigenvalue weighted by Crippen LogP contribution is 2.39. The number of carbonyl (C=O) groups is 2. The van der Waals surface area contributed by atoms with Gasteiger partial charge in [-0.05, 0) is 49.5 Å². The average Bonchev–Trinajstić information content (AvgIpc) is 3.12. The van der Waals surface area contributed by atoms with Gasteiger partial charge in [0.1, 0.15) is 18.1 Å². The number of pyridine rings is 1. The number of ether oxygens (including phenoxy) is 1. The number of likely N-dealkylation sites (tertiary alicyclic amines) is 1. The van der Waals surface area contributed by atoms with Crippen molar-refractivity contribution in [3.8, 4) is 5.75 Å². The normalized spacial score (nSPS) is 17.4. The molecule has 34 heavy (non-hydrogen) atoms. The molecule has 174 valence electrons. The van der Waals surface area contributed by atoms with Crippen molar-refractivity contribution in [2.24, 2.45) is 0 Å². The smallest absolute Gasteiger partial charge is 0.295 e. The van der Waals surface area contributed by atoms with Gasteiger partial charge in [-0.3, -0.25) is 14.6 Å². The first-order chi connectivity index (χ1) is 16.5. The van der Waals surface area contributed by atoms with E-state index in [1.807, 2.05) is 73.6 Å². The Morgan fingerprint density at radius 2 is 1.68 bits per heavy atom. The van der Waals surface area contributed by atoms with Crippen molar-refractivity contribution in [2.45, 2.75) is 12.6 Å². The van der Waals surface area contributed by atoms with Crippen molar-refractivity contribution in [2.75, 3.05) is 27.2 Å². The van der Waals surface area contributed by atoms with Gasteiger partial charge in [0.2, 0.25) is 0 Å². The molecule has 4 rings (SSSR count). The van der Waals surface area contributed by atoms with Gasteiger partial charge in [0, 0.05) is 31.0 Å². The van der Waals surface area contributed by atoms with E-state index in [1.165, 1.54) is 17.3 Å². The molecular formula is C27H27N3O4. The summed E-state index contributed by atoms with van der Waals surface area (Å²) in [5.41, 5.74) is 2.29. The minimum Gasteiger partial charge on any atom is -0.507 e. The van der Waals surface area contributed by atoms with E-state index in [2.05, 4.69) is 4.98 Å². The number of Topliss-reactive ketones (excluding diaryl/α,β-unsaturated/α-hetero) is 1. The van der Waals surface area contributed by atoms with Gasteiger partial charge in [-0.25, -0.2) is 0 Å². The molecule has 0 spiro atoms. The lowest BCUT2D eigenvalue weighted by molar-refractivity contribution is -0.140. The summed E-state index contributed by atoms with van der Waals surface area (Å²) in [6.07, 6.45) is 3.07. The fourth-order valence-electron chi connectivity index (χ4n) is 3.92. The second kappa shape index (κ2) is 10.3. The predicted octanol–water partition coefficient (Wildman–Crippen LogP) is 3.64. The lowest BCUT2D eigenvalue weighted by Gasteiger charge is -2.26. The second-order valence-corrected chi connectivity index (χ2v) is 8.37. The highest BCUT2D eigenvalue weighted by Gasteiger charge is 2.45.